The van der Waals surface area contributed by atoms with Crippen LogP contribution in [0, 0.1) is 11.3 Å². The van der Waals surface area contributed by atoms with Gasteiger partial charge in [-0.25, -0.2) is 4.79 Å². The number of nitrogens with one attached hydrogen (secondary N) is 1. The molecule has 3 heterocycles. The first kappa shape index (κ1) is 15.1. The molecule has 120 valence electrons. The molecule has 0 aromatic rings. The number of urea groups is 1. The van der Waals surface area contributed by atoms with Crippen molar-refractivity contribution < 1.29 is 19.0 Å². The fourth-order valence-electron chi connectivity index (χ4n) is 3.78. The SMILES string of the molecule is CCO[C@@H]1COC[C@H]1NC(=O)N1CC(C)(C)[C@@H]2COC[C@@H]21. The van der Waals surface area contributed by atoms with E-state index in [1.807, 2.05) is 11.8 Å². The van der Waals surface area contributed by atoms with Crippen LogP contribution < -0.4 is 5.32 Å². The second-order valence-electron chi connectivity index (χ2n) is 6.92. The van der Waals surface area contributed by atoms with Crippen molar-refractivity contribution in [1.82, 2.24) is 10.2 Å². The van der Waals surface area contributed by atoms with Crippen molar-refractivity contribution in [3.63, 3.8) is 0 Å². The molecule has 0 aliphatic carbocycles. The van der Waals surface area contributed by atoms with Crippen molar-refractivity contribution in [3.05, 3.63) is 0 Å². The highest BCUT2D eigenvalue weighted by Gasteiger charge is 2.52. The summed E-state index contributed by atoms with van der Waals surface area (Å²) in [6.45, 7) is 10.3. The lowest BCUT2D eigenvalue weighted by molar-refractivity contribution is 0.0414. The summed E-state index contributed by atoms with van der Waals surface area (Å²) < 4.78 is 16.6. The minimum atomic E-state index is -0.0538. The average Bonchev–Trinajstić information content (AvgIpc) is 3.10. The molecule has 4 atom stereocenters. The Labute approximate surface area is 126 Å². The van der Waals surface area contributed by atoms with Gasteiger partial charge in [0.15, 0.2) is 0 Å². The molecule has 0 aromatic heterocycles. The second-order valence-corrected chi connectivity index (χ2v) is 6.92. The van der Waals surface area contributed by atoms with Crippen LogP contribution in [-0.2, 0) is 14.2 Å². The zero-order valence-corrected chi connectivity index (χ0v) is 13.1. The number of hydrogen-bond donors (Lipinski definition) is 1. The van der Waals surface area contributed by atoms with Crippen molar-refractivity contribution in [1.29, 1.82) is 0 Å². The van der Waals surface area contributed by atoms with Gasteiger partial charge in [0.2, 0.25) is 0 Å². The van der Waals surface area contributed by atoms with Crippen LogP contribution in [0.25, 0.3) is 0 Å². The topological polar surface area (TPSA) is 60.0 Å². The molecule has 0 unspecified atom stereocenters. The van der Waals surface area contributed by atoms with Gasteiger partial charge < -0.3 is 24.4 Å². The van der Waals surface area contributed by atoms with Crippen molar-refractivity contribution in [2.75, 3.05) is 39.6 Å². The molecule has 6 heteroatoms. The molecule has 3 rings (SSSR count). The molecule has 1 N–H and O–H groups in total. The maximum absolute atomic E-state index is 12.6. The summed E-state index contributed by atoms with van der Waals surface area (Å²) in [6.07, 6.45) is -0.0369. The fraction of sp³-hybridized carbons (Fsp3) is 0.933. The first-order valence-electron chi connectivity index (χ1n) is 7.87. The summed E-state index contributed by atoms with van der Waals surface area (Å²) in [6, 6.07) is 0.135. The van der Waals surface area contributed by atoms with Crippen molar-refractivity contribution in [2.24, 2.45) is 11.3 Å². The Morgan fingerprint density at radius 1 is 1.29 bits per heavy atom. The van der Waals surface area contributed by atoms with Gasteiger partial charge in [-0.05, 0) is 12.3 Å². The lowest BCUT2D eigenvalue weighted by Crippen LogP contribution is -2.51. The number of carbonyl (C=O) groups is 1. The number of fused-ring (bicyclic) bond motifs is 1. The van der Waals surface area contributed by atoms with Gasteiger partial charge in [-0.1, -0.05) is 13.8 Å². The van der Waals surface area contributed by atoms with Crippen LogP contribution in [0.3, 0.4) is 0 Å². The Morgan fingerprint density at radius 2 is 2.05 bits per heavy atom. The van der Waals surface area contributed by atoms with Gasteiger partial charge in [0.25, 0.3) is 0 Å². The maximum atomic E-state index is 12.6. The normalized spacial score (nSPS) is 37.8. The fourth-order valence-corrected chi connectivity index (χ4v) is 3.78. The molecule has 0 radical (unpaired) electrons. The number of rotatable bonds is 3. The number of carbonyl (C=O) groups excluding carboxylic acids is 1. The lowest BCUT2D eigenvalue weighted by atomic mass is 9.80. The number of likely N-dealkylation sites (tertiary alicyclic amines) is 1. The quantitative estimate of drug-likeness (QED) is 0.839. The van der Waals surface area contributed by atoms with E-state index in [9.17, 15) is 4.79 Å². The number of hydrogen-bond acceptors (Lipinski definition) is 4. The van der Waals surface area contributed by atoms with Gasteiger partial charge in [0.1, 0.15) is 6.10 Å². The largest absolute Gasteiger partial charge is 0.379 e. The molecule has 3 fully saturated rings. The summed E-state index contributed by atoms with van der Waals surface area (Å²) >= 11 is 0. The molecule has 0 bridgehead atoms. The van der Waals surface area contributed by atoms with Gasteiger partial charge in [-0.3, -0.25) is 0 Å². The first-order valence-corrected chi connectivity index (χ1v) is 7.87. The first-order chi connectivity index (χ1) is 10.0. The number of amides is 2. The van der Waals surface area contributed by atoms with E-state index in [0.29, 0.717) is 32.3 Å². The minimum absolute atomic E-state index is 0.0127. The molecule has 3 aliphatic rings. The van der Waals surface area contributed by atoms with Gasteiger partial charge >= 0.3 is 6.03 Å². The van der Waals surface area contributed by atoms with Crippen LogP contribution in [0.5, 0.6) is 0 Å². The number of nitrogens with zero attached hydrogens (tertiary/aromatic N) is 1. The predicted molar refractivity (Wildman–Crippen MR) is 77.1 cm³/mol. The minimum Gasteiger partial charge on any atom is -0.379 e. The second kappa shape index (κ2) is 5.74. The van der Waals surface area contributed by atoms with E-state index in [1.54, 1.807) is 0 Å². The monoisotopic (exact) mass is 298 g/mol. The highest BCUT2D eigenvalue weighted by Crippen LogP contribution is 2.43. The summed E-state index contributed by atoms with van der Waals surface area (Å²) in [5, 5.41) is 3.09. The van der Waals surface area contributed by atoms with Crippen LogP contribution in [-0.4, -0.2) is 68.7 Å². The van der Waals surface area contributed by atoms with Crippen molar-refractivity contribution in [3.8, 4) is 0 Å². The average molecular weight is 298 g/mol. The van der Waals surface area contributed by atoms with Crippen LogP contribution in [0.4, 0.5) is 4.79 Å². The zero-order chi connectivity index (χ0) is 15.0. The van der Waals surface area contributed by atoms with E-state index in [0.717, 1.165) is 13.2 Å². The van der Waals surface area contributed by atoms with Crippen LogP contribution in [0.15, 0.2) is 0 Å². The zero-order valence-electron chi connectivity index (χ0n) is 13.1. The third-order valence-corrected chi connectivity index (χ3v) is 5.01. The lowest BCUT2D eigenvalue weighted by Gasteiger charge is -2.27. The van der Waals surface area contributed by atoms with Crippen LogP contribution in [0.1, 0.15) is 20.8 Å². The molecule has 0 aromatic carbocycles. The Morgan fingerprint density at radius 3 is 2.81 bits per heavy atom. The Kier molecular flexibility index (Phi) is 4.12. The van der Waals surface area contributed by atoms with Gasteiger partial charge in [0, 0.05) is 19.1 Å². The Hall–Kier alpha value is -0.850. The van der Waals surface area contributed by atoms with E-state index >= 15 is 0 Å². The molecule has 6 nitrogen and oxygen atoms in total. The summed E-state index contributed by atoms with van der Waals surface area (Å²) in [5.41, 5.74) is 0.115. The highest BCUT2D eigenvalue weighted by molar-refractivity contribution is 5.75. The molecule has 0 spiro atoms. The summed E-state index contributed by atoms with van der Waals surface area (Å²) in [7, 11) is 0. The van der Waals surface area contributed by atoms with Gasteiger partial charge in [0.05, 0.1) is 38.5 Å². The summed E-state index contributed by atoms with van der Waals surface area (Å²) in [4.78, 5) is 14.6. The van der Waals surface area contributed by atoms with Crippen molar-refractivity contribution in [2.45, 2.75) is 39.0 Å². The molecule has 3 aliphatic heterocycles. The molecule has 21 heavy (non-hydrogen) atoms. The van der Waals surface area contributed by atoms with Crippen LogP contribution in [0.2, 0.25) is 0 Å². The van der Waals surface area contributed by atoms with E-state index in [4.69, 9.17) is 14.2 Å². The van der Waals surface area contributed by atoms with Gasteiger partial charge in [-0.2, -0.15) is 0 Å². The maximum Gasteiger partial charge on any atom is 0.318 e. The molecule has 2 amide bonds. The highest BCUT2D eigenvalue weighted by atomic mass is 16.5. The molecular weight excluding hydrogens is 272 g/mol. The van der Waals surface area contributed by atoms with Crippen LogP contribution >= 0.6 is 0 Å². The smallest absolute Gasteiger partial charge is 0.318 e. The van der Waals surface area contributed by atoms with Gasteiger partial charge in [-0.15, -0.1) is 0 Å². The molecule has 0 saturated carbocycles. The standard InChI is InChI=1S/C15H26N2O4/c1-4-21-13-8-20-6-11(13)16-14(18)17-9-15(2,3)10-5-19-7-12(10)17/h10-13H,4-9H2,1-3H3,(H,16,18)/t10-,11-,12+,13-/m1/s1. The van der Waals surface area contributed by atoms with Crippen molar-refractivity contribution >= 4 is 6.03 Å². The van der Waals surface area contributed by atoms with E-state index in [1.165, 1.54) is 0 Å². The van der Waals surface area contributed by atoms with E-state index < -0.39 is 0 Å². The Balaban J connectivity index is 1.63. The molecular formula is C15H26N2O4. The van der Waals surface area contributed by atoms with E-state index in [-0.39, 0.29) is 29.6 Å². The third kappa shape index (κ3) is 2.76. The van der Waals surface area contributed by atoms with E-state index in [2.05, 4.69) is 19.2 Å². The third-order valence-electron chi connectivity index (χ3n) is 5.01. The Bertz CT molecular complexity index is 401. The number of ether oxygens (including phenoxy) is 3. The predicted octanol–water partition coefficient (Wildman–Crippen LogP) is 0.857. The molecule has 3 saturated heterocycles. The summed E-state index contributed by atoms with van der Waals surface area (Å²) in [5.74, 6) is 0.436.